The Bertz CT molecular complexity index is 2850. The van der Waals surface area contributed by atoms with Gasteiger partial charge in [-0.2, -0.15) is 0 Å². The standard InChI is InChI=1S/C57H79ClN8O16/c1-34-14-13-17-45(76-10)57(75)31-44(80-55(74)62-57)36(3)51-56(5,82-51)46(30-48(68)65(9)43-28-38(26-34)27-35(2)50(43)58)81-53(72)37(4)64(8)47(67)20-22-77-24-25-78-23-21-60-52(71)41(18-19-49(69)70)61-54(73)79-33-66-40(32-63(7)59-6)29-39-15-11-12-16-42(39)66/h11-17,27-29,36-37,41,44-46,51,59,75H,18-26,30-33H2,1-10H3,(H,60,71)(H,61,73)(H,62,74)(H,69,70)/b17-13+,34-14+/t36-,37+,41+,44+,45-,46+,51?,56+,57-/m1/s1. The molecular weight excluding hydrogens is 1090 g/mol. The van der Waals surface area contributed by atoms with Gasteiger partial charge in [-0.3, -0.25) is 29.9 Å². The molecule has 2 saturated heterocycles. The first kappa shape index (κ1) is 64.5. The molecule has 9 atom stereocenters. The number of aliphatic hydroxyl groups is 1. The van der Waals surface area contributed by atoms with Crippen LogP contribution in [0.15, 0.2) is 66.3 Å². The molecule has 0 radical (unpaired) electrons. The van der Waals surface area contributed by atoms with Crippen molar-refractivity contribution < 1.29 is 76.9 Å². The molecule has 25 heteroatoms. The van der Waals surface area contributed by atoms with Gasteiger partial charge in [-0.1, -0.05) is 66.6 Å². The minimum atomic E-state index is -1.87. The Balaban J connectivity index is 0.993. The van der Waals surface area contributed by atoms with Gasteiger partial charge in [0.2, 0.25) is 17.7 Å². The number of para-hydroxylation sites is 1. The largest absolute Gasteiger partial charge is 0.481 e. The van der Waals surface area contributed by atoms with E-state index >= 15 is 0 Å². The van der Waals surface area contributed by atoms with Gasteiger partial charge >= 0.3 is 24.1 Å². The van der Waals surface area contributed by atoms with E-state index in [-0.39, 0.29) is 71.8 Å². The lowest BCUT2D eigenvalue weighted by Gasteiger charge is -2.42. The third kappa shape index (κ3) is 16.8. The van der Waals surface area contributed by atoms with Crippen LogP contribution in [0.25, 0.3) is 10.9 Å². The number of ether oxygens (including phenoxy) is 7. The Morgan fingerprint density at radius 2 is 1.74 bits per heavy atom. The average molecular weight is 1170 g/mol. The van der Waals surface area contributed by atoms with Crippen molar-refractivity contribution >= 4 is 70.0 Å². The van der Waals surface area contributed by atoms with Crippen LogP contribution in [0.4, 0.5) is 15.3 Å². The van der Waals surface area contributed by atoms with Crippen LogP contribution in [0.3, 0.4) is 0 Å². The third-order valence-electron chi connectivity index (χ3n) is 15.2. The fourth-order valence-corrected chi connectivity index (χ4v) is 10.2. The number of aliphatic carboxylic acids is 1. The number of nitrogens with one attached hydrogen (secondary N) is 4. The van der Waals surface area contributed by atoms with Crippen molar-refractivity contribution in [1.29, 1.82) is 0 Å². The molecule has 4 heterocycles. The van der Waals surface area contributed by atoms with E-state index in [1.165, 1.54) is 30.9 Å². The number of carboxylic acids is 1. The Labute approximate surface area is 482 Å². The lowest BCUT2D eigenvalue weighted by atomic mass is 9.83. The van der Waals surface area contributed by atoms with Crippen molar-refractivity contribution in [3.8, 4) is 0 Å². The molecule has 3 aliphatic rings. The molecule has 1 aromatic heterocycles. The first-order chi connectivity index (χ1) is 38.9. The maximum absolute atomic E-state index is 14.3. The zero-order valence-electron chi connectivity index (χ0n) is 48.3. The fraction of sp³-hybridized carbons (Fsp3) is 0.561. The molecular formula is C57H79ClN8O16. The number of hydrogen-bond acceptors (Lipinski definition) is 17. The number of amides is 5. The number of methoxy groups -OCH3 is 1. The molecule has 3 aromatic rings. The highest BCUT2D eigenvalue weighted by molar-refractivity contribution is 6.34. The van der Waals surface area contributed by atoms with Crippen LogP contribution < -0.4 is 26.3 Å². The second-order valence-electron chi connectivity index (χ2n) is 21.2. The summed E-state index contributed by atoms with van der Waals surface area (Å²) in [4.78, 5) is 94.9. The number of nitrogens with zero attached hydrogens (tertiary/aromatic N) is 4. The summed E-state index contributed by atoms with van der Waals surface area (Å²) in [6.45, 7) is 9.27. The summed E-state index contributed by atoms with van der Waals surface area (Å²) in [5, 5.41) is 32.0. The van der Waals surface area contributed by atoms with Crippen LogP contribution in [0, 0.1) is 12.8 Å². The average Bonchev–Trinajstić information content (AvgIpc) is 4.23. The van der Waals surface area contributed by atoms with Crippen molar-refractivity contribution in [3.05, 3.63) is 88.1 Å². The number of benzene rings is 2. The molecule has 4 bridgehead atoms. The lowest BCUT2D eigenvalue weighted by Crippen LogP contribution is -2.63. The molecule has 82 heavy (non-hydrogen) atoms. The van der Waals surface area contributed by atoms with E-state index in [9.17, 15) is 43.8 Å². The van der Waals surface area contributed by atoms with Gasteiger partial charge < -0.3 is 68.4 Å². The van der Waals surface area contributed by atoms with E-state index in [2.05, 4.69) is 21.4 Å². The molecule has 6 N–H and O–H groups in total. The number of fused-ring (bicyclic) bond motifs is 6. The maximum atomic E-state index is 14.3. The number of likely N-dealkylation sites (N-methyl/N-ethyl adjacent to an activating group) is 1. The molecule has 0 aliphatic carbocycles. The van der Waals surface area contributed by atoms with Crippen molar-refractivity contribution in [2.75, 3.05) is 73.2 Å². The summed E-state index contributed by atoms with van der Waals surface area (Å²) < 4.78 is 42.4. The number of anilines is 1. The zero-order valence-corrected chi connectivity index (χ0v) is 49.0. The molecule has 6 rings (SSSR count). The summed E-state index contributed by atoms with van der Waals surface area (Å²) in [6, 6.07) is 11.0. The number of carbonyl (C=O) groups is 7. The topological polar surface area (TPSA) is 291 Å². The monoisotopic (exact) mass is 1170 g/mol. The Morgan fingerprint density at radius 1 is 1.02 bits per heavy atom. The molecule has 0 spiro atoms. The summed E-state index contributed by atoms with van der Waals surface area (Å²) >= 11 is 6.83. The maximum Gasteiger partial charge on any atom is 0.409 e. The van der Waals surface area contributed by atoms with Crippen molar-refractivity contribution in [2.24, 2.45) is 5.92 Å². The van der Waals surface area contributed by atoms with E-state index in [1.807, 2.05) is 79.0 Å². The minimum Gasteiger partial charge on any atom is -0.481 e. The molecule has 5 amide bonds. The second-order valence-corrected chi connectivity index (χ2v) is 21.6. The van der Waals surface area contributed by atoms with E-state index in [0.717, 1.165) is 33.3 Å². The number of hydrogen-bond donors (Lipinski definition) is 6. The van der Waals surface area contributed by atoms with E-state index in [0.29, 0.717) is 23.7 Å². The van der Waals surface area contributed by atoms with Crippen LogP contribution in [0.1, 0.15) is 76.6 Å². The molecule has 2 aromatic carbocycles. The number of epoxide rings is 1. The summed E-state index contributed by atoms with van der Waals surface area (Å²) in [7, 11) is 8.09. The van der Waals surface area contributed by atoms with E-state index < -0.39 is 95.6 Å². The highest BCUT2D eigenvalue weighted by Crippen LogP contribution is 2.49. The number of aromatic nitrogens is 1. The highest BCUT2D eigenvalue weighted by Gasteiger charge is 2.64. The Hall–Kier alpha value is -6.64. The van der Waals surface area contributed by atoms with Gasteiger partial charge in [-0.05, 0) is 76.9 Å². The van der Waals surface area contributed by atoms with Gasteiger partial charge in [-0.15, -0.1) is 0 Å². The van der Waals surface area contributed by atoms with Gasteiger partial charge in [0.1, 0.15) is 36.0 Å². The zero-order chi connectivity index (χ0) is 60.1. The first-order valence-corrected chi connectivity index (χ1v) is 27.6. The fourth-order valence-electron chi connectivity index (χ4n) is 10.00. The molecule has 2 fully saturated rings. The normalized spacial score (nSPS) is 24.7. The second kappa shape index (κ2) is 29.1. The minimum absolute atomic E-state index is 0.0235. The number of aryl methyl sites for hydroxylation is 1. The van der Waals surface area contributed by atoms with Crippen molar-refractivity contribution in [1.82, 2.24) is 35.9 Å². The number of carboxylic acid groups (broad SMARTS) is 1. The number of carbonyl (C=O) groups excluding carboxylic acids is 6. The van der Waals surface area contributed by atoms with Crippen LogP contribution in [0.2, 0.25) is 5.02 Å². The van der Waals surface area contributed by atoms with Crippen LogP contribution in [0.5, 0.6) is 0 Å². The Kier molecular flexibility index (Phi) is 22.9. The number of esters is 1. The van der Waals surface area contributed by atoms with Gasteiger partial charge in [0.25, 0.3) is 0 Å². The molecule has 0 saturated carbocycles. The smallest absolute Gasteiger partial charge is 0.409 e. The van der Waals surface area contributed by atoms with Gasteiger partial charge in [0.15, 0.2) is 12.5 Å². The molecule has 3 aliphatic heterocycles. The van der Waals surface area contributed by atoms with Crippen molar-refractivity contribution in [3.63, 3.8) is 0 Å². The predicted molar refractivity (Wildman–Crippen MR) is 301 cm³/mol. The molecule has 24 nitrogen and oxygen atoms in total. The number of alkyl carbamates (subject to hydrolysis) is 2. The SMILES string of the molecule is CNN(C)Cc1cc2ccccc2n1COC(=O)N[C@@H](CCC(=O)O)C(=O)NCCOCCOCCC(=O)N(C)[C@@H](C)C(=O)O[C@H]1CC(=O)N(C)c2cc(cc(C)c2Cl)C/C(C)=C/C=C/[C@@H](OC)[C@]2(O)C[C@H](OC(=O)N2)[C@@H](C)C2O[C@]21C. The highest BCUT2D eigenvalue weighted by atomic mass is 35.5. The lowest BCUT2D eigenvalue weighted by molar-refractivity contribution is -0.162. The summed E-state index contributed by atoms with van der Waals surface area (Å²) in [5.74, 6) is -4.08. The first-order valence-electron chi connectivity index (χ1n) is 27.2. The third-order valence-corrected chi connectivity index (χ3v) is 15.6. The number of hydrazine groups is 1. The predicted octanol–water partition coefficient (Wildman–Crippen LogP) is 4.49. The number of halogens is 1. The van der Waals surface area contributed by atoms with Crippen molar-refractivity contribution in [2.45, 2.75) is 134 Å². The van der Waals surface area contributed by atoms with Crippen LogP contribution in [-0.4, -0.2) is 183 Å². The van der Waals surface area contributed by atoms with Crippen LogP contribution in [-0.2, 0) is 76.8 Å². The van der Waals surface area contributed by atoms with E-state index in [4.69, 9.17) is 44.8 Å². The number of allylic oxidation sites excluding steroid dienone is 3. The van der Waals surface area contributed by atoms with Crippen LogP contribution >= 0.6 is 11.6 Å². The Morgan fingerprint density at radius 3 is 2.45 bits per heavy atom. The summed E-state index contributed by atoms with van der Waals surface area (Å²) in [6.07, 6.45) is -0.988. The molecule has 1 unspecified atom stereocenters. The summed E-state index contributed by atoms with van der Waals surface area (Å²) in [5.41, 5.74) is 4.57. The van der Waals surface area contributed by atoms with E-state index in [1.54, 1.807) is 40.1 Å². The van der Waals surface area contributed by atoms with Gasteiger partial charge in [0, 0.05) is 64.6 Å². The van der Waals surface area contributed by atoms with Gasteiger partial charge in [0.05, 0.1) is 68.1 Å². The molecule has 450 valence electrons. The quantitative estimate of drug-likeness (QED) is 0.0251. The number of rotatable bonds is 23. The van der Waals surface area contributed by atoms with Gasteiger partial charge in [-0.25, -0.2) is 19.4 Å².